The Bertz CT molecular complexity index is 572. The van der Waals surface area contributed by atoms with Crippen LogP contribution in [0, 0.1) is 0 Å². The fourth-order valence-electron chi connectivity index (χ4n) is 1.90. The van der Waals surface area contributed by atoms with Crippen LogP contribution in [0.4, 0.5) is 22.0 Å². The minimum Gasteiger partial charge on any atom is -0.205 e. The Morgan fingerprint density at radius 1 is 0.737 bits per heavy atom. The molecule has 0 heterocycles. The van der Waals surface area contributed by atoms with Gasteiger partial charge in [0, 0.05) is 5.56 Å². The third-order valence-electron chi connectivity index (χ3n) is 2.72. The van der Waals surface area contributed by atoms with E-state index in [9.17, 15) is 22.0 Å². The molecule has 0 nitrogen and oxygen atoms in total. The van der Waals surface area contributed by atoms with E-state index in [0.29, 0.717) is 0 Å². The molecule has 0 bridgehead atoms. The molecule has 0 aliphatic heterocycles. The van der Waals surface area contributed by atoms with E-state index in [0.717, 1.165) is 12.1 Å². The quantitative estimate of drug-likeness (QED) is 0.650. The summed E-state index contributed by atoms with van der Waals surface area (Å²) in [6.45, 7) is 0. The highest BCUT2D eigenvalue weighted by Crippen LogP contribution is 2.39. The molecule has 0 radical (unpaired) electrons. The van der Waals surface area contributed by atoms with Crippen LogP contribution in [0.5, 0.6) is 0 Å². The van der Waals surface area contributed by atoms with Gasteiger partial charge in [0.15, 0.2) is 0 Å². The first kappa shape index (κ1) is 13.5. The van der Waals surface area contributed by atoms with Crippen molar-refractivity contribution in [1.82, 2.24) is 0 Å². The third kappa shape index (κ3) is 2.75. The van der Waals surface area contributed by atoms with Crippen LogP contribution >= 0.6 is 0 Å². The highest BCUT2D eigenvalue weighted by Gasteiger charge is 2.34. The molecule has 0 amide bonds. The van der Waals surface area contributed by atoms with Gasteiger partial charge in [-0.2, -0.15) is 13.2 Å². The normalized spacial score (nSPS) is 11.9. The predicted octanol–water partition coefficient (Wildman–Crippen LogP) is 5.31. The van der Waals surface area contributed by atoms with Gasteiger partial charge in [-0.1, -0.05) is 42.5 Å². The third-order valence-corrected chi connectivity index (χ3v) is 2.72. The summed E-state index contributed by atoms with van der Waals surface area (Å²) >= 11 is 0. The molecule has 5 heteroatoms. The van der Waals surface area contributed by atoms with E-state index in [1.165, 1.54) is 36.4 Å². The zero-order valence-corrected chi connectivity index (χ0v) is 9.59. The van der Waals surface area contributed by atoms with Crippen molar-refractivity contribution in [2.45, 2.75) is 12.6 Å². The van der Waals surface area contributed by atoms with Gasteiger partial charge in [-0.25, -0.2) is 8.78 Å². The first-order chi connectivity index (χ1) is 8.91. The molecular formula is C14H9F5. The SMILES string of the molecule is FC(F)c1ccccc1-c1ccccc1C(F)(F)F. The maximum Gasteiger partial charge on any atom is 0.417 e. The monoisotopic (exact) mass is 272 g/mol. The lowest BCUT2D eigenvalue weighted by atomic mass is 9.95. The van der Waals surface area contributed by atoms with Crippen molar-refractivity contribution < 1.29 is 22.0 Å². The standard InChI is InChI=1S/C14H9F5/c15-13(16)11-7-2-1-5-9(11)10-6-3-4-8-12(10)14(17,18)19/h1-8,13H. The largest absolute Gasteiger partial charge is 0.417 e. The fraction of sp³-hybridized carbons (Fsp3) is 0.143. The molecule has 0 aliphatic carbocycles. The Morgan fingerprint density at radius 3 is 1.84 bits per heavy atom. The summed E-state index contributed by atoms with van der Waals surface area (Å²) in [7, 11) is 0. The zero-order valence-electron chi connectivity index (χ0n) is 9.59. The van der Waals surface area contributed by atoms with Crippen molar-refractivity contribution in [3.05, 3.63) is 59.7 Å². The van der Waals surface area contributed by atoms with E-state index in [1.54, 1.807) is 0 Å². The maximum absolute atomic E-state index is 12.9. The Morgan fingerprint density at radius 2 is 1.26 bits per heavy atom. The molecule has 19 heavy (non-hydrogen) atoms. The molecule has 2 rings (SSSR count). The summed E-state index contributed by atoms with van der Waals surface area (Å²) in [4.78, 5) is 0. The highest BCUT2D eigenvalue weighted by molar-refractivity contribution is 5.71. The van der Waals surface area contributed by atoms with Gasteiger partial charge < -0.3 is 0 Å². The number of alkyl halides is 5. The molecule has 0 spiro atoms. The van der Waals surface area contributed by atoms with Crippen molar-refractivity contribution in [3.8, 4) is 11.1 Å². The van der Waals surface area contributed by atoms with E-state index in [4.69, 9.17) is 0 Å². The maximum atomic E-state index is 12.9. The van der Waals surface area contributed by atoms with E-state index in [-0.39, 0.29) is 11.1 Å². The Kier molecular flexibility index (Phi) is 3.55. The van der Waals surface area contributed by atoms with Crippen LogP contribution in [0.2, 0.25) is 0 Å². The van der Waals surface area contributed by atoms with Crippen LogP contribution in [0.25, 0.3) is 11.1 Å². The van der Waals surface area contributed by atoms with Gasteiger partial charge in [-0.05, 0) is 17.2 Å². The Labute approximate surface area is 106 Å². The Balaban J connectivity index is 2.67. The summed E-state index contributed by atoms with van der Waals surface area (Å²) in [5.41, 5.74) is -1.64. The average Bonchev–Trinajstić information content (AvgIpc) is 2.37. The molecule has 0 unspecified atom stereocenters. The van der Waals surface area contributed by atoms with Crippen LogP contribution in [0.3, 0.4) is 0 Å². The zero-order chi connectivity index (χ0) is 14.0. The van der Waals surface area contributed by atoms with Crippen LogP contribution in [-0.2, 0) is 6.18 Å². The second-order valence-corrected chi connectivity index (χ2v) is 3.93. The van der Waals surface area contributed by atoms with Gasteiger partial charge in [0.1, 0.15) is 0 Å². The molecule has 2 aromatic carbocycles. The molecule has 0 saturated carbocycles. The van der Waals surface area contributed by atoms with Crippen molar-refractivity contribution in [3.63, 3.8) is 0 Å². The first-order valence-corrected chi connectivity index (χ1v) is 5.45. The Hall–Kier alpha value is -1.91. The summed E-state index contributed by atoms with van der Waals surface area (Å²) in [5, 5.41) is 0. The molecule has 2 aromatic rings. The smallest absolute Gasteiger partial charge is 0.205 e. The van der Waals surface area contributed by atoms with Gasteiger partial charge in [-0.3, -0.25) is 0 Å². The summed E-state index contributed by atoms with van der Waals surface area (Å²) in [5.74, 6) is 0. The second kappa shape index (κ2) is 4.99. The van der Waals surface area contributed by atoms with Crippen LogP contribution < -0.4 is 0 Å². The highest BCUT2D eigenvalue weighted by atomic mass is 19.4. The van der Waals surface area contributed by atoms with E-state index in [2.05, 4.69) is 0 Å². The van der Waals surface area contributed by atoms with Gasteiger partial charge in [0.2, 0.25) is 0 Å². The molecule has 0 aliphatic rings. The number of hydrogen-bond donors (Lipinski definition) is 0. The molecule has 0 aromatic heterocycles. The molecule has 0 atom stereocenters. The first-order valence-electron chi connectivity index (χ1n) is 5.45. The predicted molar refractivity (Wildman–Crippen MR) is 61.8 cm³/mol. The van der Waals surface area contributed by atoms with Crippen molar-refractivity contribution in [2.24, 2.45) is 0 Å². The van der Waals surface area contributed by atoms with E-state index < -0.39 is 23.7 Å². The van der Waals surface area contributed by atoms with Crippen LogP contribution in [0.15, 0.2) is 48.5 Å². The average molecular weight is 272 g/mol. The summed E-state index contributed by atoms with van der Waals surface area (Å²) < 4.78 is 64.4. The lowest BCUT2D eigenvalue weighted by Crippen LogP contribution is -2.07. The van der Waals surface area contributed by atoms with Crippen molar-refractivity contribution >= 4 is 0 Å². The lowest BCUT2D eigenvalue weighted by molar-refractivity contribution is -0.137. The van der Waals surface area contributed by atoms with Gasteiger partial charge >= 0.3 is 6.18 Å². The molecular weight excluding hydrogens is 263 g/mol. The number of halogens is 5. The molecule has 0 saturated heterocycles. The molecule has 100 valence electrons. The summed E-state index contributed by atoms with van der Waals surface area (Å²) in [6.07, 6.45) is -7.40. The fourth-order valence-corrected chi connectivity index (χ4v) is 1.90. The topological polar surface area (TPSA) is 0 Å². The van der Waals surface area contributed by atoms with Gasteiger partial charge in [-0.15, -0.1) is 0 Å². The molecule has 0 N–H and O–H groups in total. The van der Waals surface area contributed by atoms with E-state index >= 15 is 0 Å². The second-order valence-electron chi connectivity index (χ2n) is 3.93. The number of benzene rings is 2. The minimum absolute atomic E-state index is 0.0922. The lowest BCUT2D eigenvalue weighted by Gasteiger charge is -2.15. The van der Waals surface area contributed by atoms with Gasteiger partial charge in [0.05, 0.1) is 5.56 Å². The number of rotatable bonds is 2. The summed E-state index contributed by atoms with van der Waals surface area (Å²) in [6, 6.07) is 9.93. The minimum atomic E-state index is -4.58. The van der Waals surface area contributed by atoms with Gasteiger partial charge in [0.25, 0.3) is 6.43 Å². The van der Waals surface area contributed by atoms with Crippen molar-refractivity contribution in [1.29, 1.82) is 0 Å². The molecule has 0 fully saturated rings. The van der Waals surface area contributed by atoms with Crippen molar-refractivity contribution in [2.75, 3.05) is 0 Å². The van der Waals surface area contributed by atoms with E-state index in [1.807, 2.05) is 0 Å². The van der Waals surface area contributed by atoms with Crippen LogP contribution in [-0.4, -0.2) is 0 Å². The van der Waals surface area contributed by atoms with Crippen LogP contribution in [0.1, 0.15) is 17.6 Å². The number of hydrogen-bond acceptors (Lipinski definition) is 0.